The van der Waals surface area contributed by atoms with Crippen molar-refractivity contribution in [1.29, 1.82) is 0 Å². The molecule has 0 saturated heterocycles. The molecule has 0 bridgehead atoms. The number of aromatic nitrogens is 2. The quantitative estimate of drug-likeness (QED) is 0.401. The Bertz CT molecular complexity index is 1390. The number of sulfonamides is 1. The van der Waals surface area contributed by atoms with E-state index in [2.05, 4.69) is 20.2 Å². The molecular formula is C23H20N4O4S2. The lowest BCUT2D eigenvalue weighted by Gasteiger charge is -2.12. The maximum atomic E-state index is 12.9. The smallest absolute Gasteiger partial charge is 0.262 e. The van der Waals surface area contributed by atoms with E-state index in [0.717, 1.165) is 11.3 Å². The number of amides is 1. The molecule has 0 spiro atoms. The molecular weight excluding hydrogens is 460 g/mol. The second kappa shape index (κ2) is 9.39. The minimum absolute atomic E-state index is 0.0233. The summed E-state index contributed by atoms with van der Waals surface area (Å²) < 4.78 is 33.5. The summed E-state index contributed by atoms with van der Waals surface area (Å²) in [6, 6.07) is 20.4. The number of methoxy groups -OCH3 is 1. The van der Waals surface area contributed by atoms with Crippen LogP contribution < -0.4 is 14.8 Å². The minimum Gasteiger partial charge on any atom is -0.497 e. The van der Waals surface area contributed by atoms with Crippen molar-refractivity contribution in [1.82, 2.24) is 10.2 Å². The van der Waals surface area contributed by atoms with Crippen LogP contribution in [0.25, 0.3) is 10.6 Å². The standard InChI is InChI=1S/C23H20N4O4S2/c1-15-8-9-17(14-20(15)33(29,30)27-18-6-4-3-5-7-18)21(28)24-23-26-25-22(32-23)16-10-12-19(31-2)13-11-16/h3-14,27H,1-2H3,(H,24,26,28). The van der Waals surface area contributed by atoms with E-state index in [0.29, 0.717) is 21.4 Å². The van der Waals surface area contributed by atoms with Crippen LogP contribution in [0.2, 0.25) is 0 Å². The number of nitrogens with zero attached hydrogens (tertiary/aromatic N) is 2. The van der Waals surface area contributed by atoms with Gasteiger partial charge in [-0.15, -0.1) is 10.2 Å². The second-order valence-corrected chi connectivity index (χ2v) is 9.68. The Balaban J connectivity index is 1.53. The molecule has 1 heterocycles. The van der Waals surface area contributed by atoms with Gasteiger partial charge in [-0.2, -0.15) is 0 Å². The van der Waals surface area contributed by atoms with Crippen molar-refractivity contribution in [2.75, 3.05) is 17.1 Å². The number of ether oxygens (including phenoxy) is 1. The van der Waals surface area contributed by atoms with E-state index in [4.69, 9.17) is 4.74 Å². The van der Waals surface area contributed by atoms with Gasteiger partial charge in [0.15, 0.2) is 0 Å². The summed E-state index contributed by atoms with van der Waals surface area (Å²) in [4.78, 5) is 12.8. The van der Waals surface area contributed by atoms with Crippen LogP contribution in [0.4, 0.5) is 10.8 Å². The molecule has 0 atom stereocenters. The number of hydrogen-bond acceptors (Lipinski definition) is 7. The van der Waals surface area contributed by atoms with Crippen molar-refractivity contribution >= 4 is 38.1 Å². The summed E-state index contributed by atoms with van der Waals surface area (Å²) in [5.41, 5.74) is 1.99. The van der Waals surface area contributed by atoms with Crippen molar-refractivity contribution in [3.8, 4) is 16.3 Å². The number of carbonyl (C=O) groups excluding carboxylic acids is 1. The lowest BCUT2D eigenvalue weighted by atomic mass is 10.1. The number of benzene rings is 3. The van der Waals surface area contributed by atoms with Gasteiger partial charge in [0, 0.05) is 16.8 Å². The van der Waals surface area contributed by atoms with Crippen LogP contribution >= 0.6 is 11.3 Å². The Hall–Kier alpha value is -3.76. The number of aryl methyl sites for hydroxylation is 1. The van der Waals surface area contributed by atoms with Crippen LogP contribution in [0.15, 0.2) is 77.7 Å². The van der Waals surface area contributed by atoms with Crippen molar-refractivity contribution in [3.63, 3.8) is 0 Å². The molecule has 0 radical (unpaired) electrons. The summed E-state index contributed by atoms with van der Waals surface area (Å²) in [6.07, 6.45) is 0. The number of hydrogen-bond donors (Lipinski definition) is 2. The summed E-state index contributed by atoms with van der Waals surface area (Å²) in [5.74, 6) is 0.243. The van der Waals surface area contributed by atoms with Crippen LogP contribution in [-0.2, 0) is 10.0 Å². The highest BCUT2D eigenvalue weighted by atomic mass is 32.2. The van der Waals surface area contributed by atoms with E-state index in [9.17, 15) is 13.2 Å². The molecule has 1 aromatic heterocycles. The third-order valence-corrected chi connectivity index (χ3v) is 7.16. The molecule has 4 aromatic rings. The first-order chi connectivity index (χ1) is 15.9. The second-order valence-electron chi connectivity index (χ2n) is 7.05. The molecule has 3 aromatic carbocycles. The highest BCUT2D eigenvalue weighted by Gasteiger charge is 2.20. The van der Waals surface area contributed by atoms with Gasteiger partial charge >= 0.3 is 0 Å². The molecule has 33 heavy (non-hydrogen) atoms. The average molecular weight is 481 g/mol. The van der Waals surface area contributed by atoms with E-state index in [1.165, 1.54) is 17.4 Å². The van der Waals surface area contributed by atoms with Gasteiger partial charge < -0.3 is 4.74 Å². The lowest BCUT2D eigenvalue weighted by Crippen LogP contribution is -2.17. The van der Waals surface area contributed by atoms with Gasteiger partial charge in [0.1, 0.15) is 10.8 Å². The van der Waals surface area contributed by atoms with E-state index in [1.807, 2.05) is 24.3 Å². The van der Waals surface area contributed by atoms with Crippen LogP contribution in [0.1, 0.15) is 15.9 Å². The first-order valence-electron chi connectivity index (χ1n) is 9.83. The van der Waals surface area contributed by atoms with Gasteiger partial charge in [-0.05, 0) is 61.0 Å². The Kier molecular flexibility index (Phi) is 6.38. The third kappa shape index (κ3) is 5.18. The minimum atomic E-state index is -3.88. The molecule has 0 unspecified atom stereocenters. The molecule has 0 fully saturated rings. The van der Waals surface area contributed by atoms with Crippen LogP contribution in [0.3, 0.4) is 0 Å². The largest absolute Gasteiger partial charge is 0.497 e. The van der Waals surface area contributed by atoms with Gasteiger partial charge in [0.05, 0.1) is 12.0 Å². The monoisotopic (exact) mass is 480 g/mol. The van der Waals surface area contributed by atoms with E-state index < -0.39 is 15.9 Å². The summed E-state index contributed by atoms with van der Waals surface area (Å²) >= 11 is 1.21. The van der Waals surface area contributed by atoms with Crippen molar-refractivity contribution in [2.45, 2.75) is 11.8 Å². The fourth-order valence-corrected chi connectivity index (χ4v) is 5.11. The summed E-state index contributed by atoms with van der Waals surface area (Å²) in [6.45, 7) is 1.67. The topological polar surface area (TPSA) is 110 Å². The molecule has 2 N–H and O–H groups in total. The Morgan fingerprint density at radius 2 is 1.70 bits per heavy atom. The number of anilines is 2. The maximum Gasteiger partial charge on any atom is 0.262 e. The summed E-state index contributed by atoms with van der Waals surface area (Å²) in [7, 11) is -2.29. The number of carbonyl (C=O) groups is 1. The zero-order valence-electron chi connectivity index (χ0n) is 17.8. The molecule has 8 nitrogen and oxygen atoms in total. The molecule has 0 aliphatic carbocycles. The third-order valence-electron chi connectivity index (χ3n) is 4.75. The predicted molar refractivity (Wildman–Crippen MR) is 128 cm³/mol. The van der Waals surface area contributed by atoms with Crippen LogP contribution in [0, 0.1) is 6.92 Å². The van der Waals surface area contributed by atoms with Gasteiger partial charge in [-0.3, -0.25) is 14.8 Å². The van der Waals surface area contributed by atoms with Crippen LogP contribution in [0.5, 0.6) is 5.75 Å². The van der Waals surface area contributed by atoms with Crippen molar-refractivity contribution < 1.29 is 17.9 Å². The zero-order chi connectivity index (χ0) is 23.4. The Morgan fingerprint density at radius 1 is 0.970 bits per heavy atom. The molecule has 0 aliphatic rings. The van der Waals surface area contributed by atoms with E-state index in [-0.39, 0.29) is 10.5 Å². The Morgan fingerprint density at radius 3 is 2.39 bits per heavy atom. The first kappa shape index (κ1) is 22.4. The first-order valence-corrected chi connectivity index (χ1v) is 12.1. The van der Waals surface area contributed by atoms with Crippen molar-refractivity contribution in [2.24, 2.45) is 0 Å². The van der Waals surface area contributed by atoms with Crippen molar-refractivity contribution in [3.05, 3.63) is 83.9 Å². The molecule has 168 valence electrons. The van der Waals surface area contributed by atoms with Gasteiger partial charge in [-0.1, -0.05) is 35.6 Å². The molecule has 10 heteroatoms. The number of nitrogens with one attached hydrogen (secondary N) is 2. The van der Waals surface area contributed by atoms with Gasteiger partial charge in [-0.25, -0.2) is 8.42 Å². The molecule has 0 aliphatic heterocycles. The SMILES string of the molecule is COc1ccc(-c2nnc(NC(=O)c3ccc(C)c(S(=O)(=O)Nc4ccccc4)c3)s2)cc1. The molecule has 0 saturated carbocycles. The predicted octanol–water partition coefficient (Wildman–Crippen LogP) is 4.58. The van der Waals surface area contributed by atoms with E-state index >= 15 is 0 Å². The van der Waals surface area contributed by atoms with Crippen LogP contribution in [-0.4, -0.2) is 31.6 Å². The Labute approximate surface area is 195 Å². The molecule has 4 rings (SSSR count). The highest BCUT2D eigenvalue weighted by Crippen LogP contribution is 2.28. The fraction of sp³-hybridized carbons (Fsp3) is 0.0870. The summed E-state index contributed by atoms with van der Waals surface area (Å²) in [5, 5.41) is 11.8. The maximum absolute atomic E-state index is 12.9. The average Bonchev–Trinajstić information content (AvgIpc) is 3.28. The number of rotatable bonds is 7. The zero-order valence-corrected chi connectivity index (χ0v) is 19.4. The van der Waals surface area contributed by atoms with Gasteiger partial charge in [0.25, 0.3) is 15.9 Å². The van der Waals surface area contributed by atoms with E-state index in [1.54, 1.807) is 56.5 Å². The molecule has 1 amide bonds. The number of para-hydroxylation sites is 1. The van der Waals surface area contributed by atoms with Gasteiger partial charge in [0.2, 0.25) is 5.13 Å². The lowest BCUT2D eigenvalue weighted by molar-refractivity contribution is 0.102. The normalized spacial score (nSPS) is 11.1. The highest BCUT2D eigenvalue weighted by molar-refractivity contribution is 7.92. The fourth-order valence-electron chi connectivity index (χ4n) is 3.04.